The van der Waals surface area contributed by atoms with Crippen LogP contribution in [-0.4, -0.2) is 33.7 Å². The zero-order valence-electron chi connectivity index (χ0n) is 14.2. The highest BCUT2D eigenvalue weighted by Crippen LogP contribution is 2.23. The van der Waals surface area contributed by atoms with Crippen molar-refractivity contribution in [3.63, 3.8) is 0 Å². The van der Waals surface area contributed by atoms with E-state index in [1.165, 1.54) is 0 Å². The van der Waals surface area contributed by atoms with Gasteiger partial charge in [0.2, 0.25) is 5.91 Å². The molecule has 0 saturated carbocycles. The number of aryl methyl sites for hydroxylation is 1. The highest BCUT2D eigenvalue weighted by atomic mass is 32.1. The highest BCUT2D eigenvalue weighted by Gasteiger charge is 2.18. The fourth-order valence-electron chi connectivity index (χ4n) is 2.46. The number of anilines is 1. The Balaban J connectivity index is 1.78. The zero-order valence-corrected chi connectivity index (χ0v) is 15.0. The predicted octanol–water partition coefficient (Wildman–Crippen LogP) is 2.05. The number of carbonyl (C=O) groups excluding carboxylic acids is 2. The first kappa shape index (κ1) is 17.7. The number of esters is 1. The zero-order chi connectivity index (χ0) is 18.7. The number of aromatic nitrogens is 3. The molecule has 0 fully saturated rings. The van der Waals surface area contributed by atoms with E-state index < -0.39 is 5.97 Å². The van der Waals surface area contributed by atoms with Crippen LogP contribution in [0.25, 0.3) is 10.8 Å². The van der Waals surface area contributed by atoms with Gasteiger partial charge in [0.05, 0.1) is 29.8 Å². The van der Waals surface area contributed by atoms with Gasteiger partial charge in [-0.25, -0.2) is 14.9 Å². The van der Waals surface area contributed by atoms with Crippen molar-refractivity contribution in [1.29, 1.82) is 0 Å². The number of fused-ring (bicyclic) bond motifs is 1. The van der Waals surface area contributed by atoms with E-state index in [4.69, 9.17) is 4.74 Å². The average molecular weight is 372 g/mol. The predicted molar refractivity (Wildman–Crippen MR) is 97.5 cm³/mol. The third-order valence-corrected chi connectivity index (χ3v) is 4.66. The van der Waals surface area contributed by atoms with Crippen molar-refractivity contribution in [3.05, 3.63) is 50.9 Å². The minimum atomic E-state index is -0.462. The molecule has 9 heteroatoms. The van der Waals surface area contributed by atoms with E-state index in [2.05, 4.69) is 20.5 Å². The molecule has 0 atom stereocenters. The van der Waals surface area contributed by atoms with Crippen LogP contribution in [0, 0.1) is 6.92 Å². The Morgan fingerprint density at radius 1 is 1.27 bits per heavy atom. The topological polar surface area (TPSA) is 114 Å². The van der Waals surface area contributed by atoms with Gasteiger partial charge < -0.3 is 10.1 Å². The Kier molecular flexibility index (Phi) is 5.08. The molecule has 1 aromatic carbocycles. The minimum absolute atomic E-state index is 0.0370. The lowest BCUT2D eigenvalue weighted by atomic mass is 10.1. The fourth-order valence-corrected chi connectivity index (χ4v) is 3.33. The molecule has 2 heterocycles. The van der Waals surface area contributed by atoms with Crippen LogP contribution < -0.4 is 10.9 Å². The number of carbonyl (C=O) groups is 2. The maximum atomic E-state index is 12.3. The molecule has 0 spiro atoms. The van der Waals surface area contributed by atoms with E-state index in [9.17, 15) is 14.4 Å². The van der Waals surface area contributed by atoms with Crippen LogP contribution in [0.15, 0.2) is 29.1 Å². The number of hydrogen-bond acceptors (Lipinski definition) is 7. The monoisotopic (exact) mass is 372 g/mol. The normalized spacial score (nSPS) is 10.7. The third-order valence-electron chi connectivity index (χ3n) is 3.61. The average Bonchev–Trinajstić information content (AvgIpc) is 2.98. The standard InChI is InChI=1S/C17H16N4O4S/c1-3-25-16(24)14-9(2)18-17(26-14)19-13(22)8-12-10-6-4-5-7-11(10)15(23)21-20-12/h4-7H,3,8H2,1-2H3,(H,21,23)(H,18,19,22). The van der Waals surface area contributed by atoms with E-state index >= 15 is 0 Å². The van der Waals surface area contributed by atoms with Crippen molar-refractivity contribution < 1.29 is 14.3 Å². The first-order chi connectivity index (χ1) is 12.5. The molecular formula is C17H16N4O4S. The SMILES string of the molecule is CCOC(=O)c1sc(NC(=O)Cc2n[nH]c(=O)c3ccccc23)nc1C. The quantitative estimate of drug-likeness (QED) is 0.663. The van der Waals surface area contributed by atoms with E-state index in [1.54, 1.807) is 38.1 Å². The lowest BCUT2D eigenvalue weighted by Gasteiger charge is -2.04. The second-order valence-electron chi connectivity index (χ2n) is 5.42. The minimum Gasteiger partial charge on any atom is -0.462 e. The molecule has 3 aromatic rings. The summed E-state index contributed by atoms with van der Waals surface area (Å²) in [6.45, 7) is 3.66. The summed E-state index contributed by atoms with van der Waals surface area (Å²) in [4.78, 5) is 40.5. The number of ether oxygens (including phenoxy) is 1. The molecule has 2 N–H and O–H groups in total. The molecular weight excluding hydrogens is 356 g/mol. The molecule has 0 radical (unpaired) electrons. The van der Waals surface area contributed by atoms with Crippen LogP contribution in [0.2, 0.25) is 0 Å². The summed E-state index contributed by atoms with van der Waals surface area (Å²) < 4.78 is 4.96. The summed E-state index contributed by atoms with van der Waals surface area (Å²) in [6.07, 6.45) is -0.0370. The Labute approximate surface area is 152 Å². The third kappa shape index (κ3) is 3.62. The second kappa shape index (κ2) is 7.44. The summed E-state index contributed by atoms with van der Waals surface area (Å²) >= 11 is 1.06. The second-order valence-corrected chi connectivity index (χ2v) is 6.42. The van der Waals surface area contributed by atoms with Gasteiger partial charge in [-0.05, 0) is 19.9 Å². The summed E-state index contributed by atoms with van der Waals surface area (Å²) in [5.74, 6) is -0.810. The van der Waals surface area contributed by atoms with Gasteiger partial charge in [-0.2, -0.15) is 5.10 Å². The van der Waals surface area contributed by atoms with Gasteiger partial charge in [0.25, 0.3) is 5.56 Å². The highest BCUT2D eigenvalue weighted by molar-refractivity contribution is 7.17. The number of nitrogens with zero attached hydrogens (tertiary/aromatic N) is 2. The maximum absolute atomic E-state index is 12.3. The molecule has 8 nitrogen and oxygen atoms in total. The van der Waals surface area contributed by atoms with Gasteiger partial charge in [0.15, 0.2) is 5.13 Å². The molecule has 0 aliphatic carbocycles. The lowest BCUT2D eigenvalue weighted by Crippen LogP contribution is -2.18. The van der Waals surface area contributed by atoms with Crippen molar-refractivity contribution in [2.45, 2.75) is 20.3 Å². The summed E-state index contributed by atoms with van der Waals surface area (Å²) in [5.41, 5.74) is 0.646. The number of nitrogens with one attached hydrogen (secondary N) is 2. The van der Waals surface area contributed by atoms with E-state index in [0.717, 1.165) is 11.3 Å². The van der Waals surface area contributed by atoms with Gasteiger partial charge in [-0.3, -0.25) is 9.59 Å². The van der Waals surface area contributed by atoms with Gasteiger partial charge in [0, 0.05) is 5.39 Å². The van der Waals surface area contributed by atoms with E-state index in [-0.39, 0.29) is 24.5 Å². The Hall–Kier alpha value is -3.07. The van der Waals surface area contributed by atoms with Crippen LogP contribution in [0.5, 0.6) is 0 Å². The number of benzene rings is 1. The van der Waals surface area contributed by atoms with E-state index in [1.807, 2.05) is 0 Å². The molecule has 2 aromatic heterocycles. The van der Waals surface area contributed by atoms with E-state index in [0.29, 0.717) is 32.2 Å². The summed E-state index contributed by atoms with van der Waals surface area (Å²) in [6, 6.07) is 6.94. The van der Waals surface area contributed by atoms with Crippen LogP contribution in [-0.2, 0) is 16.0 Å². The molecule has 0 saturated heterocycles. The number of rotatable bonds is 5. The number of hydrogen-bond donors (Lipinski definition) is 2. The first-order valence-corrected chi connectivity index (χ1v) is 8.72. The molecule has 134 valence electrons. The molecule has 0 aliphatic heterocycles. The number of H-pyrrole nitrogens is 1. The smallest absolute Gasteiger partial charge is 0.350 e. The number of amides is 1. The maximum Gasteiger partial charge on any atom is 0.350 e. The van der Waals surface area contributed by atoms with Gasteiger partial charge >= 0.3 is 5.97 Å². The van der Waals surface area contributed by atoms with Crippen molar-refractivity contribution in [2.75, 3.05) is 11.9 Å². The van der Waals surface area contributed by atoms with Gasteiger partial charge in [-0.1, -0.05) is 29.5 Å². The van der Waals surface area contributed by atoms with Crippen molar-refractivity contribution >= 4 is 39.1 Å². The summed E-state index contributed by atoms with van der Waals surface area (Å²) in [7, 11) is 0. The number of aromatic amines is 1. The van der Waals surface area contributed by atoms with Crippen molar-refractivity contribution in [2.24, 2.45) is 0 Å². The molecule has 26 heavy (non-hydrogen) atoms. The molecule has 0 bridgehead atoms. The van der Waals surface area contributed by atoms with Crippen molar-refractivity contribution in [3.8, 4) is 0 Å². The summed E-state index contributed by atoms with van der Waals surface area (Å²) in [5, 5.41) is 10.4. The Morgan fingerprint density at radius 2 is 2.00 bits per heavy atom. The van der Waals surface area contributed by atoms with Crippen LogP contribution in [0.1, 0.15) is 28.0 Å². The van der Waals surface area contributed by atoms with Gasteiger partial charge in [0.1, 0.15) is 4.88 Å². The number of thiazole rings is 1. The molecule has 3 rings (SSSR count). The fraction of sp³-hybridized carbons (Fsp3) is 0.235. The lowest BCUT2D eigenvalue weighted by molar-refractivity contribution is -0.115. The van der Waals surface area contributed by atoms with Gasteiger partial charge in [-0.15, -0.1) is 0 Å². The van der Waals surface area contributed by atoms with Crippen LogP contribution >= 0.6 is 11.3 Å². The van der Waals surface area contributed by atoms with Crippen molar-refractivity contribution in [1.82, 2.24) is 15.2 Å². The largest absolute Gasteiger partial charge is 0.462 e. The molecule has 0 aliphatic rings. The van der Waals surface area contributed by atoms with Crippen LogP contribution in [0.4, 0.5) is 5.13 Å². The van der Waals surface area contributed by atoms with Crippen LogP contribution in [0.3, 0.4) is 0 Å². The Morgan fingerprint density at radius 3 is 2.73 bits per heavy atom. The molecule has 0 unspecified atom stereocenters. The first-order valence-electron chi connectivity index (χ1n) is 7.90. The molecule has 1 amide bonds. The Bertz CT molecular complexity index is 1040.